The highest BCUT2D eigenvalue weighted by atomic mass is 35.5. The fraction of sp³-hybridized carbons (Fsp3) is 0.462. The van der Waals surface area contributed by atoms with Crippen molar-refractivity contribution in [2.75, 3.05) is 11.9 Å². The first-order valence-corrected chi connectivity index (χ1v) is 14.3. The van der Waals surface area contributed by atoms with Crippen molar-refractivity contribution in [1.29, 1.82) is 0 Å². The first-order chi connectivity index (χ1) is 18.2. The van der Waals surface area contributed by atoms with Crippen molar-refractivity contribution in [2.45, 2.75) is 60.9 Å². The van der Waals surface area contributed by atoms with E-state index < -0.39 is 67.9 Å². The molecule has 2 aliphatic rings. The summed E-state index contributed by atoms with van der Waals surface area (Å²) in [7, 11) is -4.09. The van der Waals surface area contributed by atoms with Crippen LogP contribution in [0.3, 0.4) is 0 Å². The standard InChI is InChI=1S/C26H28ClF3N2O6S/c1-13(33)12-31-23(34)11-26(36)15-3-4-16(26)8-18(7-15)39(37,38)22-6-14(2-5-19(22)27)25(35)32-17-9-20(28)24(30)21(29)10-17/h2,5-6,9-10,13,15-16,18,33,36H,3-4,7-8,11-12H2,1H3,(H,31,34)(H,32,35)/t13-,15?,16?,18-,26-/m1/s1. The zero-order chi connectivity index (χ0) is 28.7. The topological polar surface area (TPSA) is 133 Å². The molecule has 3 atom stereocenters. The molecule has 0 aromatic heterocycles. The Hall–Kier alpha value is -2.67. The molecule has 13 heteroatoms. The van der Waals surface area contributed by atoms with Gasteiger partial charge in [0.2, 0.25) is 5.91 Å². The highest BCUT2D eigenvalue weighted by molar-refractivity contribution is 7.92. The zero-order valence-electron chi connectivity index (χ0n) is 20.9. The van der Waals surface area contributed by atoms with Crippen LogP contribution in [0.15, 0.2) is 35.2 Å². The number of fused-ring (bicyclic) bond motifs is 2. The first kappa shape index (κ1) is 29.3. The maximum absolute atomic E-state index is 13.7. The van der Waals surface area contributed by atoms with E-state index in [1.54, 1.807) is 0 Å². The van der Waals surface area contributed by atoms with Crippen LogP contribution in [0.25, 0.3) is 0 Å². The van der Waals surface area contributed by atoms with Crippen molar-refractivity contribution in [3.05, 3.63) is 58.4 Å². The van der Waals surface area contributed by atoms with Crippen molar-refractivity contribution in [3.8, 4) is 0 Å². The number of halogens is 4. The Morgan fingerprint density at radius 1 is 1.10 bits per heavy atom. The van der Waals surface area contributed by atoms with Gasteiger partial charge in [0, 0.05) is 29.9 Å². The lowest BCUT2D eigenvalue weighted by Gasteiger charge is -2.42. The van der Waals surface area contributed by atoms with E-state index in [-0.39, 0.29) is 47.0 Å². The van der Waals surface area contributed by atoms with E-state index in [1.807, 2.05) is 0 Å². The summed E-state index contributed by atoms with van der Waals surface area (Å²) in [5.74, 6) is -6.94. The van der Waals surface area contributed by atoms with Gasteiger partial charge in [0.05, 0.1) is 33.3 Å². The van der Waals surface area contributed by atoms with Crippen molar-refractivity contribution in [1.82, 2.24) is 5.32 Å². The second-order valence-corrected chi connectivity index (χ2v) is 12.9. The molecule has 212 valence electrons. The number of aliphatic hydroxyl groups is 2. The smallest absolute Gasteiger partial charge is 0.255 e. The molecule has 4 N–H and O–H groups in total. The molecule has 0 radical (unpaired) electrons. The van der Waals surface area contributed by atoms with Gasteiger partial charge in [-0.05, 0) is 62.6 Å². The van der Waals surface area contributed by atoms with Crippen LogP contribution in [0.2, 0.25) is 5.02 Å². The van der Waals surface area contributed by atoms with Crippen LogP contribution in [0.5, 0.6) is 0 Å². The third-order valence-corrected chi connectivity index (χ3v) is 10.2. The van der Waals surface area contributed by atoms with Gasteiger partial charge >= 0.3 is 0 Å². The number of hydrogen-bond donors (Lipinski definition) is 4. The van der Waals surface area contributed by atoms with Gasteiger partial charge in [-0.2, -0.15) is 0 Å². The van der Waals surface area contributed by atoms with E-state index in [0.29, 0.717) is 25.0 Å². The Labute approximate surface area is 228 Å². The summed E-state index contributed by atoms with van der Waals surface area (Å²) in [5.41, 5.74) is -1.90. The number of sulfone groups is 1. The average molecular weight is 589 g/mol. The van der Waals surface area contributed by atoms with Gasteiger partial charge < -0.3 is 20.8 Å². The molecule has 2 fully saturated rings. The summed E-state index contributed by atoms with van der Waals surface area (Å²) in [6.45, 7) is 1.55. The Kier molecular flexibility index (Phi) is 8.32. The predicted octanol–water partition coefficient (Wildman–Crippen LogP) is 3.59. The van der Waals surface area contributed by atoms with Crippen LogP contribution in [0.4, 0.5) is 18.9 Å². The van der Waals surface area contributed by atoms with E-state index in [2.05, 4.69) is 10.6 Å². The minimum absolute atomic E-state index is 0.0364. The molecule has 2 aromatic rings. The third-order valence-electron chi connectivity index (χ3n) is 7.59. The molecule has 0 saturated heterocycles. The van der Waals surface area contributed by atoms with Crippen molar-refractivity contribution < 1.29 is 41.4 Å². The van der Waals surface area contributed by atoms with Crippen molar-refractivity contribution in [3.63, 3.8) is 0 Å². The Morgan fingerprint density at radius 2 is 1.69 bits per heavy atom. The van der Waals surface area contributed by atoms with Gasteiger partial charge in [0.1, 0.15) is 0 Å². The lowest BCUT2D eigenvalue weighted by molar-refractivity contribution is -0.133. The summed E-state index contributed by atoms with van der Waals surface area (Å²) in [6, 6.07) is 4.70. The van der Waals surface area contributed by atoms with Gasteiger partial charge in [-0.1, -0.05) is 11.6 Å². The monoisotopic (exact) mass is 588 g/mol. The van der Waals surface area contributed by atoms with Gasteiger partial charge in [-0.3, -0.25) is 9.59 Å². The summed E-state index contributed by atoms with van der Waals surface area (Å²) < 4.78 is 67.6. The number of hydrogen-bond acceptors (Lipinski definition) is 6. The number of nitrogens with one attached hydrogen (secondary N) is 2. The van der Waals surface area contributed by atoms with Crippen LogP contribution in [-0.2, 0) is 14.6 Å². The molecule has 2 unspecified atom stereocenters. The average Bonchev–Trinajstić information content (AvgIpc) is 3.01. The SMILES string of the molecule is C[C@@H](O)CNC(=O)C[C@]1(O)C2CCC1C[C@@H](S(=O)(=O)c1cc(C(=O)Nc3cc(F)c(F)c(F)c3)ccc1Cl)C2. The van der Waals surface area contributed by atoms with E-state index in [0.717, 1.165) is 6.07 Å². The molecule has 39 heavy (non-hydrogen) atoms. The van der Waals surface area contributed by atoms with E-state index in [4.69, 9.17) is 11.6 Å². The summed E-state index contributed by atoms with van der Waals surface area (Å²) >= 11 is 6.22. The van der Waals surface area contributed by atoms with Crippen LogP contribution in [0.1, 0.15) is 49.4 Å². The highest BCUT2D eigenvalue weighted by Crippen LogP contribution is 2.53. The summed E-state index contributed by atoms with van der Waals surface area (Å²) in [4.78, 5) is 24.8. The van der Waals surface area contributed by atoms with Crippen LogP contribution < -0.4 is 10.6 Å². The third kappa shape index (κ3) is 5.93. The Balaban J connectivity index is 1.52. The quantitative estimate of drug-likeness (QED) is 0.349. The molecular formula is C26H28ClF3N2O6S. The van der Waals surface area contributed by atoms with Crippen LogP contribution >= 0.6 is 11.6 Å². The fourth-order valence-corrected chi connectivity index (χ4v) is 8.01. The van der Waals surface area contributed by atoms with Crippen LogP contribution in [0, 0.1) is 29.3 Å². The number of anilines is 1. The van der Waals surface area contributed by atoms with E-state index in [1.165, 1.54) is 19.1 Å². The predicted molar refractivity (Wildman–Crippen MR) is 136 cm³/mol. The molecule has 2 bridgehead atoms. The summed E-state index contributed by atoms with van der Waals surface area (Å²) in [6.07, 6.45) is 0.292. The van der Waals surface area contributed by atoms with Gasteiger partial charge in [-0.15, -0.1) is 0 Å². The fourth-order valence-electron chi connectivity index (χ4n) is 5.61. The number of rotatable bonds is 8. The lowest BCUT2D eigenvalue weighted by atomic mass is 9.72. The minimum atomic E-state index is -4.09. The Bertz CT molecular complexity index is 1370. The zero-order valence-corrected chi connectivity index (χ0v) is 22.5. The van der Waals surface area contributed by atoms with Crippen LogP contribution in [-0.4, -0.2) is 53.9 Å². The molecule has 4 rings (SSSR count). The molecule has 0 spiro atoms. The molecule has 0 heterocycles. The maximum atomic E-state index is 13.7. The van der Waals surface area contributed by atoms with Crippen molar-refractivity contribution in [2.24, 2.45) is 11.8 Å². The molecular weight excluding hydrogens is 561 g/mol. The van der Waals surface area contributed by atoms with Gasteiger partial charge in [0.15, 0.2) is 27.3 Å². The molecule has 8 nitrogen and oxygen atoms in total. The van der Waals surface area contributed by atoms with E-state index >= 15 is 0 Å². The normalized spacial score (nSPS) is 25.3. The molecule has 0 aliphatic heterocycles. The minimum Gasteiger partial charge on any atom is -0.392 e. The van der Waals surface area contributed by atoms with Gasteiger partial charge in [-0.25, -0.2) is 21.6 Å². The number of aliphatic hydroxyl groups excluding tert-OH is 1. The Morgan fingerprint density at radius 3 is 2.26 bits per heavy atom. The van der Waals surface area contributed by atoms with E-state index in [9.17, 15) is 41.4 Å². The first-order valence-electron chi connectivity index (χ1n) is 12.4. The molecule has 2 aromatic carbocycles. The second kappa shape index (κ2) is 11.1. The molecule has 2 aliphatic carbocycles. The lowest BCUT2D eigenvalue weighted by Crippen LogP contribution is -2.51. The number of carbonyl (C=O) groups is 2. The second-order valence-electron chi connectivity index (χ2n) is 10.3. The maximum Gasteiger partial charge on any atom is 0.255 e. The molecule has 2 saturated carbocycles. The number of carbonyl (C=O) groups excluding carboxylic acids is 2. The highest BCUT2D eigenvalue weighted by Gasteiger charge is 2.56. The summed E-state index contributed by atoms with van der Waals surface area (Å²) in [5, 5.41) is 24.4. The molecule has 2 amide bonds. The van der Waals surface area contributed by atoms with Gasteiger partial charge in [0.25, 0.3) is 5.91 Å². The largest absolute Gasteiger partial charge is 0.392 e. The van der Waals surface area contributed by atoms with Crippen molar-refractivity contribution >= 4 is 38.9 Å². The number of benzene rings is 2. The number of amides is 2.